The summed E-state index contributed by atoms with van der Waals surface area (Å²) in [6.07, 6.45) is 4.07. The van der Waals surface area contributed by atoms with Crippen LogP contribution in [-0.2, 0) is 16.6 Å². The molecule has 0 radical (unpaired) electrons. The van der Waals surface area contributed by atoms with Crippen molar-refractivity contribution in [2.45, 2.75) is 31.5 Å². The lowest BCUT2D eigenvalue weighted by molar-refractivity contribution is -0.123. The molecule has 2 bridgehead atoms. The lowest BCUT2D eigenvalue weighted by atomic mass is 9.73. The van der Waals surface area contributed by atoms with E-state index in [0.717, 1.165) is 24.1 Å². The van der Waals surface area contributed by atoms with Crippen LogP contribution >= 0.6 is 0 Å². The number of aromatic nitrogens is 1. The summed E-state index contributed by atoms with van der Waals surface area (Å²) < 4.78 is 13.9. The minimum atomic E-state index is -0.251. The third-order valence-electron chi connectivity index (χ3n) is 7.33. The zero-order valence-corrected chi connectivity index (χ0v) is 18.0. The van der Waals surface area contributed by atoms with Crippen molar-refractivity contribution in [2.24, 2.45) is 18.9 Å². The molecule has 3 saturated heterocycles. The van der Waals surface area contributed by atoms with Gasteiger partial charge in [-0.2, -0.15) is 0 Å². The first-order chi connectivity index (χ1) is 15.0. The Morgan fingerprint density at radius 1 is 1.26 bits per heavy atom. The maximum absolute atomic E-state index is 13.1. The van der Waals surface area contributed by atoms with Crippen molar-refractivity contribution >= 4 is 11.8 Å². The van der Waals surface area contributed by atoms with E-state index in [0.29, 0.717) is 25.4 Å². The molecule has 0 unspecified atom stereocenters. The van der Waals surface area contributed by atoms with E-state index in [1.807, 2.05) is 66.0 Å². The quantitative estimate of drug-likeness (QED) is 0.773. The number of rotatable bonds is 6. The first kappa shape index (κ1) is 20.1. The van der Waals surface area contributed by atoms with Crippen molar-refractivity contribution in [3.8, 4) is 5.75 Å². The molecule has 164 valence electrons. The van der Waals surface area contributed by atoms with Crippen molar-refractivity contribution in [3.05, 3.63) is 53.9 Å². The molecule has 3 aliphatic heterocycles. The van der Waals surface area contributed by atoms with Crippen LogP contribution in [0.25, 0.3) is 0 Å². The molecule has 1 aromatic heterocycles. The predicted molar refractivity (Wildman–Crippen MR) is 115 cm³/mol. The first-order valence-corrected chi connectivity index (χ1v) is 11.0. The monoisotopic (exact) mass is 423 g/mol. The van der Waals surface area contributed by atoms with E-state index in [-0.39, 0.29) is 42.0 Å². The number of ether oxygens (including phenoxy) is 2. The number of hydrogen-bond acceptors (Lipinski definition) is 4. The van der Waals surface area contributed by atoms with E-state index < -0.39 is 0 Å². The minimum Gasteiger partial charge on any atom is -0.484 e. The molecule has 3 fully saturated rings. The van der Waals surface area contributed by atoms with Crippen molar-refractivity contribution in [2.75, 3.05) is 26.2 Å². The highest BCUT2D eigenvalue weighted by Crippen LogP contribution is 2.54. The molecule has 3 aliphatic rings. The van der Waals surface area contributed by atoms with Gasteiger partial charge >= 0.3 is 0 Å². The maximum Gasteiger partial charge on any atom is 0.257 e. The number of carbonyl (C=O) groups is 2. The second kappa shape index (κ2) is 7.71. The van der Waals surface area contributed by atoms with Gasteiger partial charge in [-0.05, 0) is 38.0 Å². The number of amides is 2. The SMILES string of the molecule is Cc1c(C(=O)N2C[C@@H]3[C@H](CNC(=O)COc4ccccc4)[C@H]4CC[C@]3(C2)O4)ccn1C. The van der Waals surface area contributed by atoms with Gasteiger partial charge in [0.15, 0.2) is 6.61 Å². The lowest BCUT2D eigenvalue weighted by Crippen LogP contribution is -2.42. The zero-order valence-electron chi connectivity index (χ0n) is 18.0. The summed E-state index contributed by atoms with van der Waals surface area (Å²) in [5.74, 6) is 1.11. The molecule has 7 nitrogen and oxygen atoms in total. The van der Waals surface area contributed by atoms with Crippen LogP contribution in [-0.4, -0.2) is 59.2 Å². The van der Waals surface area contributed by atoms with Gasteiger partial charge in [0.1, 0.15) is 5.75 Å². The summed E-state index contributed by atoms with van der Waals surface area (Å²) in [6, 6.07) is 11.2. The summed E-state index contributed by atoms with van der Waals surface area (Å²) in [5.41, 5.74) is 1.49. The minimum absolute atomic E-state index is 0.00401. The Bertz CT molecular complexity index is 988. The molecular formula is C24H29N3O4. The van der Waals surface area contributed by atoms with Gasteiger partial charge in [-0.15, -0.1) is 0 Å². The lowest BCUT2D eigenvalue weighted by Gasteiger charge is -2.29. The van der Waals surface area contributed by atoms with E-state index in [2.05, 4.69) is 5.32 Å². The Morgan fingerprint density at radius 3 is 2.81 bits per heavy atom. The number of hydrogen-bond donors (Lipinski definition) is 1. The van der Waals surface area contributed by atoms with Crippen molar-refractivity contribution in [1.82, 2.24) is 14.8 Å². The topological polar surface area (TPSA) is 72.8 Å². The summed E-state index contributed by atoms with van der Waals surface area (Å²) in [6.45, 7) is 3.85. The van der Waals surface area contributed by atoms with E-state index in [9.17, 15) is 9.59 Å². The smallest absolute Gasteiger partial charge is 0.257 e. The van der Waals surface area contributed by atoms with Crippen LogP contribution in [0.3, 0.4) is 0 Å². The predicted octanol–water partition coefficient (Wildman–Crippen LogP) is 2.15. The molecule has 1 aromatic carbocycles. The Morgan fingerprint density at radius 2 is 2.06 bits per heavy atom. The van der Waals surface area contributed by atoms with Gasteiger partial charge in [-0.3, -0.25) is 9.59 Å². The second-order valence-corrected chi connectivity index (χ2v) is 9.05. The van der Waals surface area contributed by atoms with Crippen LogP contribution in [0.15, 0.2) is 42.6 Å². The average molecular weight is 424 g/mol. The molecular weight excluding hydrogens is 394 g/mol. The Kier molecular flexibility index (Phi) is 5.01. The van der Waals surface area contributed by atoms with Crippen molar-refractivity contribution in [1.29, 1.82) is 0 Å². The van der Waals surface area contributed by atoms with Gasteiger partial charge in [0.25, 0.3) is 11.8 Å². The van der Waals surface area contributed by atoms with Gasteiger partial charge in [0.05, 0.1) is 23.8 Å². The van der Waals surface area contributed by atoms with Gasteiger partial charge < -0.3 is 24.3 Å². The van der Waals surface area contributed by atoms with Crippen LogP contribution in [0.5, 0.6) is 5.75 Å². The number of para-hydroxylation sites is 1. The molecule has 2 aromatic rings. The Labute approximate surface area is 182 Å². The molecule has 7 heteroatoms. The van der Waals surface area contributed by atoms with Crippen LogP contribution in [0.1, 0.15) is 28.9 Å². The summed E-state index contributed by atoms with van der Waals surface area (Å²) >= 11 is 0. The second-order valence-electron chi connectivity index (χ2n) is 9.05. The van der Waals surface area contributed by atoms with Crippen LogP contribution in [0.4, 0.5) is 0 Å². The summed E-state index contributed by atoms with van der Waals surface area (Å²) in [4.78, 5) is 27.4. The number of carbonyl (C=O) groups excluding carboxylic acids is 2. The zero-order chi connectivity index (χ0) is 21.6. The largest absolute Gasteiger partial charge is 0.484 e. The summed E-state index contributed by atoms with van der Waals surface area (Å²) in [5, 5.41) is 3.03. The number of aryl methyl sites for hydroxylation is 1. The summed E-state index contributed by atoms with van der Waals surface area (Å²) in [7, 11) is 1.95. The fraction of sp³-hybridized carbons (Fsp3) is 0.500. The molecule has 1 spiro atoms. The fourth-order valence-corrected chi connectivity index (χ4v) is 5.57. The molecule has 0 aliphatic carbocycles. The first-order valence-electron chi connectivity index (χ1n) is 11.0. The number of nitrogens with zero attached hydrogens (tertiary/aromatic N) is 2. The van der Waals surface area contributed by atoms with E-state index in [1.165, 1.54) is 0 Å². The molecule has 1 N–H and O–H groups in total. The highest BCUT2D eigenvalue weighted by atomic mass is 16.5. The number of benzene rings is 1. The van der Waals surface area contributed by atoms with E-state index in [1.54, 1.807) is 0 Å². The molecule has 4 heterocycles. The van der Waals surface area contributed by atoms with Crippen molar-refractivity contribution < 1.29 is 19.1 Å². The van der Waals surface area contributed by atoms with Gasteiger partial charge in [0.2, 0.25) is 0 Å². The van der Waals surface area contributed by atoms with E-state index >= 15 is 0 Å². The van der Waals surface area contributed by atoms with Gasteiger partial charge in [0, 0.05) is 43.9 Å². The number of fused-ring (bicyclic) bond motifs is 1. The van der Waals surface area contributed by atoms with Gasteiger partial charge in [-0.25, -0.2) is 0 Å². The average Bonchev–Trinajstić information content (AvgIpc) is 3.52. The molecule has 0 saturated carbocycles. The molecule has 4 atom stereocenters. The number of likely N-dealkylation sites (tertiary alicyclic amines) is 1. The molecule has 5 rings (SSSR count). The van der Waals surface area contributed by atoms with Crippen LogP contribution < -0.4 is 10.1 Å². The fourth-order valence-electron chi connectivity index (χ4n) is 5.57. The Hall–Kier alpha value is -2.80. The molecule has 31 heavy (non-hydrogen) atoms. The third kappa shape index (κ3) is 3.51. The van der Waals surface area contributed by atoms with E-state index in [4.69, 9.17) is 9.47 Å². The Balaban J connectivity index is 1.20. The maximum atomic E-state index is 13.1. The number of nitrogens with one attached hydrogen (secondary N) is 1. The van der Waals surface area contributed by atoms with Crippen LogP contribution in [0, 0.1) is 18.8 Å². The highest BCUT2D eigenvalue weighted by molar-refractivity contribution is 5.95. The standard InChI is InChI=1S/C24H29N3O4/c1-16-18(9-11-26(16)2)23(29)27-13-20-19(21-8-10-24(20,15-27)31-21)12-25-22(28)14-30-17-6-4-3-5-7-17/h3-7,9,11,19-21H,8,10,12-15H2,1-2H3,(H,25,28)/t19-,20+,21+,24+/m0/s1. The van der Waals surface area contributed by atoms with Gasteiger partial charge in [-0.1, -0.05) is 18.2 Å². The van der Waals surface area contributed by atoms with Crippen LogP contribution in [0.2, 0.25) is 0 Å². The normalized spacial score (nSPS) is 28.6. The third-order valence-corrected chi connectivity index (χ3v) is 7.33. The van der Waals surface area contributed by atoms with Crippen molar-refractivity contribution in [3.63, 3.8) is 0 Å². The highest BCUT2D eigenvalue weighted by Gasteiger charge is 2.63. The molecule has 2 amide bonds.